The Balaban J connectivity index is 1.57. The highest BCUT2D eigenvalue weighted by Crippen LogP contribution is 2.18. The van der Waals surface area contributed by atoms with E-state index < -0.39 is 0 Å². The van der Waals surface area contributed by atoms with Gasteiger partial charge in [0.1, 0.15) is 0 Å². The van der Waals surface area contributed by atoms with E-state index in [0.717, 1.165) is 43.5 Å². The van der Waals surface area contributed by atoms with Crippen molar-refractivity contribution in [2.45, 2.75) is 149 Å². The summed E-state index contributed by atoms with van der Waals surface area (Å²) in [4.78, 5) is 24.6. The fraction of sp³-hybridized carbons (Fsp3) is 0.622. The number of rotatable bonds is 24. The molecular formula is C37H58N2O2. The molecule has 0 aliphatic rings. The molecule has 0 aliphatic carbocycles. The average Bonchev–Trinajstić information content (AvgIpc) is 2.97. The maximum Gasteiger partial charge on any atom is 0.224 e. The molecule has 2 N–H and O–H groups in total. The van der Waals surface area contributed by atoms with Gasteiger partial charge in [-0.25, -0.2) is 0 Å². The quantitative estimate of drug-likeness (QED) is 0.125. The standard InChI is InChI=1S/C37H58N2O2/c1-3-5-7-9-11-13-15-17-19-21-36(40)38-34-27-23-32(24-28-34)31-33-25-29-35(30-26-33)39-37(41)22-20-18-16-14-12-10-8-6-4-2/h23-30H,3-22,31H2,1-2H3,(H,38,40)(H,39,41). The van der Waals surface area contributed by atoms with Crippen LogP contribution in [0.4, 0.5) is 11.4 Å². The summed E-state index contributed by atoms with van der Waals surface area (Å²) in [6.07, 6.45) is 24.7. The predicted octanol–water partition coefficient (Wildman–Crippen LogP) is 11.0. The van der Waals surface area contributed by atoms with E-state index >= 15 is 0 Å². The van der Waals surface area contributed by atoms with Crippen molar-refractivity contribution in [2.24, 2.45) is 0 Å². The number of anilines is 2. The first-order valence-corrected chi connectivity index (χ1v) is 16.9. The summed E-state index contributed by atoms with van der Waals surface area (Å²) >= 11 is 0. The van der Waals surface area contributed by atoms with Crippen LogP contribution in [0.3, 0.4) is 0 Å². The molecule has 4 nitrogen and oxygen atoms in total. The number of amides is 2. The Morgan fingerprint density at radius 2 is 0.732 bits per heavy atom. The Bertz CT molecular complexity index is 859. The second-order valence-electron chi connectivity index (χ2n) is 11.8. The summed E-state index contributed by atoms with van der Waals surface area (Å²) in [5.41, 5.74) is 4.12. The third kappa shape index (κ3) is 17.7. The molecule has 0 atom stereocenters. The molecule has 0 radical (unpaired) electrons. The third-order valence-corrected chi connectivity index (χ3v) is 7.90. The van der Waals surface area contributed by atoms with Gasteiger partial charge in [-0.15, -0.1) is 0 Å². The molecule has 2 amide bonds. The lowest BCUT2D eigenvalue weighted by Crippen LogP contribution is -2.11. The molecule has 2 aromatic rings. The number of carbonyl (C=O) groups is 2. The van der Waals surface area contributed by atoms with Crippen molar-refractivity contribution in [1.29, 1.82) is 0 Å². The lowest BCUT2D eigenvalue weighted by molar-refractivity contribution is -0.117. The second kappa shape index (κ2) is 23.0. The van der Waals surface area contributed by atoms with Gasteiger partial charge in [-0.3, -0.25) is 9.59 Å². The van der Waals surface area contributed by atoms with Crippen molar-refractivity contribution in [1.82, 2.24) is 0 Å². The van der Waals surface area contributed by atoms with Crippen LogP contribution in [0.1, 0.15) is 153 Å². The van der Waals surface area contributed by atoms with Crippen LogP contribution in [0.15, 0.2) is 48.5 Å². The van der Waals surface area contributed by atoms with Crippen molar-refractivity contribution in [3.63, 3.8) is 0 Å². The van der Waals surface area contributed by atoms with Crippen molar-refractivity contribution in [3.05, 3.63) is 59.7 Å². The molecule has 0 aliphatic heterocycles. The topological polar surface area (TPSA) is 58.2 Å². The molecule has 2 aromatic carbocycles. The van der Waals surface area contributed by atoms with E-state index in [1.54, 1.807) is 0 Å². The predicted molar refractivity (Wildman–Crippen MR) is 177 cm³/mol. The number of hydrogen-bond donors (Lipinski definition) is 2. The molecule has 228 valence electrons. The molecule has 0 aromatic heterocycles. The van der Waals surface area contributed by atoms with Gasteiger partial charge in [-0.2, -0.15) is 0 Å². The van der Waals surface area contributed by atoms with Crippen LogP contribution in [0.25, 0.3) is 0 Å². The van der Waals surface area contributed by atoms with E-state index in [1.165, 1.54) is 101 Å². The Morgan fingerprint density at radius 3 is 1.05 bits per heavy atom. The first kappa shape index (κ1) is 34.6. The summed E-state index contributed by atoms with van der Waals surface area (Å²) in [6, 6.07) is 16.3. The number of unbranched alkanes of at least 4 members (excludes halogenated alkanes) is 16. The van der Waals surface area contributed by atoms with Gasteiger partial charge >= 0.3 is 0 Å². The van der Waals surface area contributed by atoms with E-state index in [4.69, 9.17) is 0 Å². The van der Waals surface area contributed by atoms with Crippen molar-refractivity contribution in [2.75, 3.05) is 10.6 Å². The van der Waals surface area contributed by atoms with Crippen molar-refractivity contribution in [3.8, 4) is 0 Å². The average molecular weight is 563 g/mol. The van der Waals surface area contributed by atoms with E-state index in [2.05, 4.69) is 48.7 Å². The fourth-order valence-electron chi connectivity index (χ4n) is 5.29. The Morgan fingerprint density at radius 1 is 0.439 bits per heavy atom. The summed E-state index contributed by atoms with van der Waals surface area (Å²) in [7, 11) is 0. The van der Waals surface area contributed by atoms with E-state index in [1.807, 2.05) is 24.3 Å². The normalized spacial score (nSPS) is 11.0. The highest BCUT2D eigenvalue weighted by molar-refractivity contribution is 5.91. The van der Waals surface area contributed by atoms with Crippen LogP contribution in [0.2, 0.25) is 0 Å². The molecule has 2 rings (SSSR count). The van der Waals surface area contributed by atoms with Gasteiger partial charge in [-0.1, -0.05) is 141 Å². The van der Waals surface area contributed by atoms with E-state index in [0.29, 0.717) is 12.8 Å². The molecule has 0 fully saturated rings. The highest BCUT2D eigenvalue weighted by Gasteiger charge is 2.05. The third-order valence-electron chi connectivity index (χ3n) is 7.90. The van der Waals surface area contributed by atoms with Crippen LogP contribution in [-0.4, -0.2) is 11.8 Å². The summed E-state index contributed by atoms with van der Waals surface area (Å²) in [5.74, 6) is 0.215. The van der Waals surface area contributed by atoms with Crippen LogP contribution in [-0.2, 0) is 16.0 Å². The van der Waals surface area contributed by atoms with E-state index in [-0.39, 0.29) is 11.8 Å². The van der Waals surface area contributed by atoms with Crippen molar-refractivity contribution < 1.29 is 9.59 Å². The van der Waals surface area contributed by atoms with Gasteiger partial charge in [0.05, 0.1) is 0 Å². The summed E-state index contributed by atoms with van der Waals surface area (Å²) in [5, 5.41) is 6.08. The largest absolute Gasteiger partial charge is 0.326 e. The van der Waals surface area contributed by atoms with Crippen LogP contribution < -0.4 is 10.6 Å². The Kier molecular flexibility index (Phi) is 19.4. The van der Waals surface area contributed by atoms with Crippen LogP contribution >= 0.6 is 0 Å². The molecule has 41 heavy (non-hydrogen) atoms. The fourth-order valence-corrected chi connectivity index (χ4v) is 5.29. The van der Waals surface area contributed by atoms with Gasteiger partial charge in [0.2, 0.25) is 11.8 Å². The molecule has 0 heterocycles. The highest BCUT2D eigenvalue weighted by atomic mass is 16.2. The van der Waals surface area contributed by atoms with Gasteiger partial charge in [0.15, 0.2) is 0 Å². The molecule has 0 saturated carbocycles. The molecule has 4 heteroatoms. The molecular weight excluding hydrogens is 504 g/mol. The van der Waals surface area contributed by atoms with E-state index in [9.17, 15) is 9.59 Å². The Labute approximate surface area is 251 Å². The van der Waals surface area contributed by atoms with Gasteiger partial charge in [0, 0.05) is 24.2 Å². The number of hydrogen-bond acceptors (Lipinski definition) is 2. The maximum absolute atomic E-state index is 12.3. The molecule has 0 spiro atoms. The number of carbonyl (C=O) groups excluding carboxylic acids is 2. The van der Waals surface area contributed by atoms with Gasteiger partial charge in [-0.05, 0) is 54.7 Å². The lowest BCUT2D eigenvalue weighted by atomic mass is 10.0. The zero-order chi connectivity index (χ0) is 29.4. The monoisotopic (exact) mass is 562 g/mol. The SMILES string of the molecule is CCCCCCCCCCCC(=O)Nc1ccc(Cc2ccc(NC(=O)CCCCCCCCCCC)cc2)cc1. The minimum Gasteiger partial charge on any atom is -0.326 e. The summed E-state index contributed by atoms with van der Waals surface area (Å²) in [6.45, 7) is 4.50. The minimum absolute atomic E-state index is 0.108. The first-order valence-electron chi connectivity index (χ1n) is 16.9. The smallest absolute Gasteiger partial charge is 0.224 e. The number of nitrogens with one attached hydrogen (secondary N) is 2. The first-order chi connectivity index (χ1) is 20.1. The maximum atomic E-state index is 12.3. The molecule has 0 bridgehead atoms. The lowest BCUT2D eigenvalue weighted by Gasteiger charge is -2.09. The number of benzene rings is 2. The van der Waals surface area contributed by atoms with Gasteiger partial charge in [0.25, 0.3) is 0 Å². The molecule has 0 unspecified atom stereocenters. The van der Waals surface area contributed by atoms with Crippen LogP contribution in [0.5, 0.6) is 0 Å². The van der Waals surface area contributed by atoms with Gasteiger partial charge < -0.3 is 10.6 Å². The minimum atomic E-state index is 0.108. The zero-order valence-electron chi connectivity index (χ0n) is 26.3. The van der Waals surface area contributed by atoms with Crippen molar-refractivity contribution >= 4 is 23.2 Å². The Hall–Kier alpha value is -2.62. The second-order valence-corrected chi connectivity index (χ2v) is 11.8. The van der Waals surface area contributed by atoms with Crippen LogP contribution in [0, 0.1) is 0 Å². The zero-order valence-corrected chi connectivity index (χ0v) is 26.3. The molecule has 0 saturated heterocycles. The summed E-state index contributed by atoms with van der Waals surface area (Å²) < 4.78 is 0.